The van der Waals surface area contributed by atoms with Gasteiger partial charge in [-0.25, -0.2) is 4.98 Å². The first kappa shape index (κ1) is 19.8. The number of halogens is 4. The molecule has 0 aliphatic carbocycles. The number of carbonyl (C=O) groups excluding carboxylic acids is 1. The third-order valence-corrected chi connectivity index (χ3v) is 3.82. The fourth-order valence-corrected chi connectivity index (χ4v) is 2.37. The lowest BCUT2D eigenvalue weighted by Crippen LogP contribution is -2.27. The highest BCUT2D eigenvalue weighted by molar-refractivity contribution is 6.32. The normalized spacial score (nSPS) is 11.2. The molecule has 0 spiro atoms. The molecule has 2 rings (SSSR count). The van der Waals surface area contributed by atoms with E-state index < -0.39 is 11.7 Å². The molecule has 0 fully saturated rings. The van der Waals surface area contributed by atoms with E-state index >= 15 is 0 Å². The van der Waals surface area contributed by atoms with Crippen molar-refractivity contribution in [1.82, 2.24) is 10.3 Å². The molecule has 0 aliphatic rings. The molecule has 26 heavy (non-hydrogen) atoms. The second kappa shape index (κ2) is 8.75. The van der Waals surface area contributed by atoms with Gasteiger partial charge in [-0.3, -0.25) is 4.79 Å². The van der Waals surface area contributed by atoms with Crippen LogP contribution >= 0.6 is 11.6 Å². The first-order chi connectivity index (χ1) is 12.3. The third-order valence-electron chi connectivity index (χ3n) is 3.53. The lowest BCUT2D eigenvalue weighted by molar-refractivity contribution is -0.137. The van der Waals surface area contributed by atoms with Gasteiger partial charge in [-0.1, -0.05) is 23.7 Å². The Balaban J connectivity index is 1.72. The maximum atomic E-state index is 12.5. The fraction of sp³-hybridized carbons (Fsp3) is 0.294. The lowest BCUT2D eigenvalue weighted by Gasteiger charge is -2.11. The van der Waals surface area contributed by atoms with Gasteiger partial charge in [0.1, 0.15) is 5.82 Å². The first-order valence-corrected chi connectivity index (χ1v) is 8.21. The molecule has 9 heteroatoms. The molecule has 5 nitrogen and oxygen atoms in total. The molecular weight excluding hydrogens is 369 g/mol. The van der Waals surface area contributed by atoms with Crippen molar-refractivity contribution in [3.63, 3.8) is 0 Å². The average Bonchev–Trinajstić information content (AvgIpc) is 2.57. The topological polar surface area (TPSA) is 80.0 Å². The van der Waals surface area contributed by atoms with E-state index in [1.54, 1.807) is 12.1 Å². The van der Waals surface area contributed by atoms with E-state index in [1.165, 1.54) is 0 Å². The number of aromatic nitrogens is 1. The number of anilines is 2. The van der Waals surface area contributed by atoms with Crippen molar-refractivity contribution >= 4 is 29.0 Å². The quantitative estimate of drug-likeness (QED) is 0.636. The van der Waals surface area contributed by atoms with Crippen LogP contribution in [0.1, 0.15) is 17.5 Å². The molecule has 1 aromatic carbocycles. The van der Waals surface area contributed by atoms with Crippen LogP contribution in [0.2, 0.25) is 5.02 Å². The summed E-state index contributed by atoms with van der Waals surface area (Å²) >= 11 is 5.78. The van der Waals surface area contributed by atoms with Crippen LogP contribution < -0.4 is 16.4 Å². The molecule has 4 N–H and O–H groups in total. The van der Waals surface area contributed by atoms with Crippen LogP contribution in [0.3, 0.4) is 0 Å². The highest BCUT2D eigenvalue weighted by Gasteiger charge is 2.31. The zero-order valence-electron chi connectivity index (χ0n) is 13.7. The van der Waals surface area contributed by atoms with Crippen LogP contribution in [0.5, 0.6) is 0 Å². The average molecular weight is 387 g/mol. The van der Waals surface area contributed by atoms with Crippen LogP contribution in [0.4, 0.5) is 24.7 Å². The molecule has 0 unspecified atom stereocenters. The molecule has 0 radical (unpaired) electrons. The van der Waals surface area contributed by atoms with Gasteiger partial charge in [-0.05, 0) is 30.2 Å². The Hall–Kier alpha value is -2.48. The molecule has 0 aliphatic heterocycles. The van der Waals surface area contributed by atoms with Gasteiger partial charge in [-0.15, -0.1) is 0 Å². The molecule has 1 aromatic heterocycles. The molecule has 140 valence electrons. The van der Waals surface area contributed by atoms with E-state index in [4.69, 9.17) is 17.3 Å². The van der Waals surface area contributed by atoms with E-state index in [-0.39, 0.29) is 29.7 Å². The van der Waals surface area contributed by atoms with Gasteiger partial charge in [0, 0.05) is 31.4 Å². The van der Waals surface area contributed by atoms with Crippen molar-refractivity contribution in [3.8, 4) is 0 Å². The summed E-state index contributed by atoms with van der Waals surface area (Å²) in [4.78, 5) is 15.4. The van der Waals surface area contributed by atoms with E-state index in [2.05, 4.69) is 15.6 Å². The zero-order chi connectivity index (χ0) is 19.2. The molecule has 0 bridgehead atoms. The van der Waals surface area contributed by atoms with Gasteiger partial charge < -0.3 is 16.4 Å². The molecule has 0 atom stereocenters. The summed E-state index contributed by atoms with van der Waals surface area (Å²) < 4.78 is 37.6. The number of benzene rings is 1. The Morgan fingerprint density at radius 2 is 1.88 bits per heavy atom. The molecule has 1 heterocycles. The summed E-state index contributed by atoms with van der Waals surface area (Å²) in [5.41, 5.74) is 6.41. The minimum Gasteiger partial charge on any atom is -0.399 e. The minimum atomic E-state index is -4.50. The van der Waals surface area contributed by atoms with Crippen LogP contribution in [0, 0.1) is 0 Å². The van der Waals surface area contributed by atoms with Gasteiger partial charge in [0.05, 0.1) is 10.6 Å². The number of nitrogens with two attached hydrogens (primary N) is 1. The van der Waals surface area contributed by atoms with E-state index in [0.29, 0.717) is 24.8 Å². The molecular formula is C17H18ClF3N4O. The maximum Gasteiger partial charge on any atom is 0.417 e. The highest BCUT2D eigenvalue weighted by Crippen LogP contribution is 2.32. The van der Waals surface area contributed by atoms with Gasteiger partial charge in [-0.2, -0.15) is 13.2 Å². The van der Waals surface area contributed by atoms with Crippen molar-refractivity contribution in [2.45, 2.75) is 19.0 Å². The maximum absolute atomic E-state index is 12.5. The smallest absolute Gasteiger partial charge is 0.399 e. The number of hydrogen-bond donors (Lipinski definition) is 3. The van der Waals surface area contributed by atoms with Crippen molar-refractivity contribution in [1.29, 1.82) is 0 Å². The minimum absolute atomic E-state index is 0.106. The van der Waals surface area contributed by atoms with Crippen molar-refractivity contribution in [2.75, 3.05) is 24.1 Å². The summed E-state index contributed by atoms with van der Waals surface area (Å²) in [6.07, 6.45) is -2.99. The SMILES string of the molecule is Nc1ccc(CCNC(=O)CCNc2ncc(C(F)(F)F)cc2Cl)cc1. The summed E-state index contributed by atoms with van der Waals surface area (Å²) in [5.74, 6) is -0.0784. The Morgan fingerprint density at radius 1 is 1.19 bits per heavy atom. The van der Waals surface area contributed by atoms with E-state index in [1.807, 2.05) is 12.1 Å². The summed E-state index contributed by atoms with van der Waals surface area (Å²) in [5, 5.41) is 5.37. The first-order valence-electron chi connectivity index (χ1n) is 7.83. The van der Waals surface area contributed by atoms with Crippen LogP contribution in [0.25, 0.3) is 0 Å². The second-order valence-corrected chi connectivity index (χ2v) is 5.98. The Bertz CT molecular complexity index is 751. The predicted molar refractivity (Wildman–Crippen MR) is 94.9 cm³/mol. The van der Waals surface area contributed by atoms with Gasteiger partial charge >= 0.3 is 6.18 Å². The largest absolute Gasteiger partial charge is 0.417 e. The summed E-state index contributed by atoms with van der Waals surface area (Å²) in [6, 6.07) is 8.16. The number of carbonyl (C=O) groups is 1. The van der Waals surface area contributed by atoms with Crippen molar-refractivity contribution < 1.29 is 18.0 Å². The number of alkyl halides is 3. The predicted octanol–water partition coefficient (Wildman–Crippen LogP) is 3.50. The van der Waals surface area contributed by atoms with E-state index in [0.717, 1.165) is 11.6 Å². The Labute approximate surface area is 153 Å². The number of nitrogens with one attached hydrogen (secondary N) is 2. The monoisotopic (exact) mass is 386 g/mol. The summed E-state index contributed by atoms with van der Waals surface area (Å²) in [7, 11) is 0. The fourth-order valence-electron chi connectivity index (χ4n) is 2.14. The van der Waals surface area contributed by atoms with Crippen LogP contribution in [-0.4, -0.2) is 24.0 Å². The number of nitrogen functional groups attached to an aromatic ring is 1. The number of pyridine rings is 1. The number of amides is 1. The Kier molecular flexibility index (Phi) is 6.68. The second-order valence-electron chi connectivity index (χ2n) is 5.57. The lowest BCUT2D eigenvalue weighted by atomic mass is 10.1. The number of rotatable bonds is 7. The molecule has 1 amide bonds. The molecule has 0 saturated carbocycles. The molecule has 0 saturated heterocycles. The number of hydrogen-bond acceptors (Lipinski definition) is 4. The molecule has 2 aromatic rings. The van der Waals surface area contributed by atoms with Crippen molar-refractivity contribution in [2.24, 2.45) is 0 Å². The third kappa shape index (κ3) is 6.11. The standard InChI is InChI=1S/C17H18ClF3N4O/c18-14-9-12(17(19,20)21)10-25-16(14)24-8-6-15(26)23-7-5-11-1-3-13(22)4-2-11/h1-4,9-10H,5-8,22H2,(H,23,26)(H,24,25). The zero-order valence-corrected chi connectivity index (χ0v) is 14.5. The van der Waals surface area contributed by atoms with Crippen molar-refractivity contribution in [3.05, 3.63) is 52.7 Å². The number of nitrogens with zero attached hydrogens (tertiary/aromatic N) is 1. The highest BCUT2D eigenvalue weighted by atomic mass is 35.5. The Morgan fingerprint density at radius 3 is 2.50 bits per heavy atom. The van der Waals surface area contributed by atoms with Crippen LogP contribution in [0.15, 0.2) is 36.5 Å². The van der Waals surface area contributed by atoms with Gasteiger partial charge in [0.2, 0.25) is 5.91 Å². The summed E-state index contributed by atoms with van der Waals surface area (Å²) in [6.45, 7) is 0.674. The van der Waals surface area contributed by atoms with Gasteiger partial charge in [0.25, 0.3) is 0 Å². The van der Waals surface area contributed by atoms with Crippen LogP contribution in [-0.2, 0) is 17.4 Å². The van der Waals surface area contributed by atoms with Gasteiger partial charge in [0.15, 0.2) is 0 Å². The van der Waals surface area contributed by atoms with E-state index in [9.17, 15) is 18.0 Å².